The maximum absolute atomic E-state index is 15.0. The van der Waals surface area contributed by atoms with E-state index in [1.165, 1.54) is 16.8 Å². The van der Waals surface area contributed by atoms with Crippen molar-refractivity contribution in [2.45, 2.75) is 69.2 Å². The summed E-state index contributed by atoms with van der Waals surface area (Å²) in [6.07, 6.45) is 4.11. The smallest absolute Gasteiger partial charge is 0.258 e. The maximum atomic E-state index is 15.0. The summed E-state index contributed by atoms with van der Waals surface area (Å²) >= 11 is 0. The molecule has 8 nitrogen and oxygen atoms in total. The van der Waals surface area contributed by atoms with Gasteiger partial charge in [-0.25, -0.2) is 12.8 Å². The number of nitrogens with one attached hydrogen (secondary N) is 2. The van der Waals surface area contributed by atoms with Crippen LogP contribution in [0.15, 0.2) is 46.2 Å². The fourth-order valence-electron chi connectivity index (χ4n) is 5.27. The van der Waals surface area contributed by atoms with Gasteiger partial charge in [0.25, 0.3) is 11.5 Å². The molecule has 3 aromatic rings. The van der Waals surface area contributed by atoms with Gasteiger partial charge in [0, 0.05) is 47.1 Å². The highest BCUT2D eigenvalue weighted by molar-refractivity contribution is 7.92. The number of nitrogens with zero attached hydrogens (tertiary/aromatic N) is 1. The molecule has 1 aliphatic carbocycles. The first kappa shape index (κ1) is 28.4. The number of halogens is 1. The highest BCUT2D eigenvalue weighted by Gasteiger charge is 2.32. The molecule has 5 rings (SSSR count). The number of aliphatic hydroxyl groups excluding tert-OH is 1. The van der Waals surface area contributed by atoms with Gasteiger partial charge >= 0.3 is 0 Å². The Balaban J connectivity index is 1.70. The Kier molecular flexibility index (Phi) is 7.62. The number of hydrogen-bond donors (Lipinski definition) is 3. The molecule has 2 aromatic carbocycles. The monoisotopic (exact) mass is 569 g/mol. The summed E-state index contributed by atoms with van der Waals surface area (Å²) in [7, 11) is -3.84. The fourth-order valence-corrected chi connectivity index (χ4v) is 7.24. The second kappa shape index (κ2) is 10.7. The number of amides is 1. The predicted octanol–water partition coefficient (Wildman–Crippen LogP) is 3.55. The molecule has 2 fully saturated rings. The average Bonchev–Trinajstić information content (AvgIpc) is 3.75. The molecule has 1 amide bonds. The zero-order chi connectivity index (χ0) is 28.8. The van der Waals surface area contributed by atoms with Gasteiger partial charge < -0.3 is 20.3 Å². The van der Waals surface area contributed by atoms with Crippen LogP contribution in [-0.2, 0) is 16.4 Å². The standard InChI is InChI=1S/C30H36FN3O5S/c1-18-24(13-20(14-26(18)31)28(36)33-21-5-6-21)19-4-7-23-25(12-19)27(40(38,39)22-8-10-32-11-9-22)15-34(29(23)37)16-30(2,3)17-35/h4,7,12-15,21-22,32,35H,5-6,8-11,16-17H2,1-3H3,(H,33,36). The van der Waals surface area contributed by atoms with E-state index in [0.717, 1.165) is 12.8 Å². The normalized spacial score (nSPS) is 16.8. The molecule has 1 saturated carbocycles. The molecule has 2 heterocycles. The van der Waals surface area contributed by atoms with Crippen molar-refractivity contribution in [3.05, 3.63) is 63.8 Å². The molecule has 0 radical (unpaired) electrons. The van der Waals surface area contributed by atoms with E-state index in [4.69, 9.17) is 0 Å². The molecule has 0 unspecified atom stereocenters. The van der Waals surface area contributed by atoms with Crippen LogP contribution in [0.3, 0.4) is 0 Å². The van der Waals surface area contributed by atoms with Crippen molar-refractivity contribution in [2.75, 3.05) is 19.7 Å². The molecule has 2 aliphatic rings. The number of piperidine rings is 1. The fraction of sp³-hybridized carbons (Fsp3) is 0.467. The van der Waals surface area contributed by atoms with Gasteiger partial charge in [0.05, 0.1) is 10.1 Å². The number of carbonyl (C=O) groups is 1. The molecule has 214 valence electrons. The number of hydrogen-bond acceptors (Lipinski definition) is 6. The third-order valence-electron chi connectivity index (χ3n) is 7.94. The molecular weight excluding hydrogens is 533 g/mol. The van der Waals surface area contributed by atoms with E-state index in [-0.39, 0.29) is 51.9 Å². The van der Waals surface area contributed by atoms with Gasteiger partial charge in [-0.05, 0) is 86.7 Å². The number of pyridine rings is 1. The topological polar surface area (TPSA) is 118 Å². The molecule has 3 N–H and O–H groups in total. The van der Waals surface area contributed by atoms with Crippen LogP contribution in [0.25, 0.3) is 21.9 Å². The van der Waals surface area contributed by atoms with Crippen LogP contribution in [0.5, 0.6) is 0 Å². The first-order valence-electron chi connectivity index (χ1n) is 13.8. The van der Waals surface area contributed by atoms with Crippen LogP contribution in [0.4, 0.5) is 4.39 Å². The predicted molar refractivity (Wildman–Crippen MR) is 153 cm³/mol. The van der Waals surface area contributed by atoms with E-state index < -0.39 is 26.3 Å². The van der Waals surface area contributed by atoms with Gasteiger partial charge in [-0.1, -0.05) is 19.9 Å². The van der Waals surface area contributed by atoms with Gasteiger partial charge in [-0.15, -0.1) is 0 Å². The number of benzene rings is 2. The first-order valence-corrected chi connectivity index (χ1v) is 15.3. The van der Waals surface area contributed by atoms with Crippen molar-refractivity contribution in [2.24, 2.45) is 5.41 Å². The minimum Gasteiger partial charge on any atom is -0.396 e. The summed E-state index contributed by atoms with van der Waals surface area (Å²) in [6, 6.07) is 7.80. The second-order valence-electron chi connectivity index (χ2n) is 11.9. The average molecular weight is 570 g/mol. The number of sulfone groups is 1. The summed E-state index contributed by atoms with van der Waals surface area (Å²) < 4.78 is 44.4. The molecule has 0 bridgehead atoms. The van der Waals surface area contributed by atoms with E-state index in [1.54, 1.807) is 45.0 Å². The third-order valence-corrected chi connectivity index (χ3v) is 10.2. The van der Waals surface area contributed by atoms with Gasteiger partial charge in [0.1, 0.15) is 5.82 Å². The summed E-state index contributed by atoms with van der Waals surface area (Å²) in [6.45, 7) is 6.34. The Morgan fingerprint density at radius 2 is 1.82 bits per heavy atom. The lowest BCUT2D eigenvalue weighted by molar-refractivity contribution is 0.0950. The molecule has 10 heteroatoms. The molecular formula is C30H36FN3O5S. The van der Waals surface area contributed by atoms with Crippen LogP contribution >= 0.6 is 0 Å². The largest absolute Gasteiger partial charge is 0.396 e. The minimum atomic E-state index is -3.84. The number of aromatic nitrogens is 1. The van der Waals surface area contributed by atoms with E-state index in [9.17, 15) is 23.1 Å². The van der Waals surface area contributed by atoms with Crippen molar-refractivity contribution in [1.82, 2.24) is 15.2 Å². The van der Waals surface area contributed by atoms with Crippen LogP contribution < -0.4 is 16.2 Å². The van der Waals surface area contributed by atoms with E-state index in [1.807, 2.05) is 0 Å². The van der Waals surface area contributed by atoms with Crippen molar-refractivity contribution in [3.8, 4) is 11.1 Å². The molecule has 1 aliphatic heterocycles. The molecule has 1 saturated heterocycles. The number of fused-ring (bicyclic) bond motifs is 1. The lowest BCUT2D eigenvalue weighted by Gasteiger charge is -2.26. The maximum Gasteiger partial charge on any atom is 0.258 e. The number of carbonyl (C=O) groups excluding carboxylic acids is 1. The van der Waals surface area contributed by atoms with Crippen LogP contribution in [-0.4, -0.2) is 55.0 Å². The Morgan fingerprint density at radius 1 is 1.12 bits per heavy atom. The lowest BCUT2D eigenvalue weighted by atomic mass is 9.94. The third kappa shape index (κ3) is 5.57. The minimum absolute atomic E-state index is 0.0466. The SMILES string of the molecule is Cc1c(F)cc(C(=O)NC2CC2)cc1-c1ccc2c(=O)n(CC(C)(C)CO)cc(S(=O)(=O)C3CCNCC3)c2c1. The zero-order valence-corrected chi connectivity index (χ0v) is 23.9. The van der Waals surface area contributed by atoms with Crippen molar-refractivity contribution >= 4 is 26.5 Å². The van der Waals surface area contributed by atoms with Crippen LogP contribution in [0, 0.1) is 18.2 Å². The quantitative estimate of drug-likeness (QED) is 0.382. The van der Waals surface area contributed by atoms with Crippen LogP contribution in [0.1, 0.15) is 55.5 Å². The highest BCUT2D eigenvalue weighted by atomic mass is 32.2. The van der Waals surface area contributed by atoms with Crippen molar-refractivity contribution < 1.29 is 22.7 Å². The Labute approximate surface area is 233 Å². The van der Waals surface area contributed by atoms with Crippen molar-refractivity contribution in [1.29, 1.82) is 0 Å². The molecule has 1 aromatic heterocycles. The Morgan fingerprint density at radius 3 is 2.48 bits per heavy atom. The molecule has 0 atom stereocenters. The van der Waals surface area contributed by atoms with Gasteiger partial charge in [0.15, 0.2) is 9.84 Å². The lowest BCUT2D eigenvalue weighted by Crippen LogP contribution is -2.37. The van der Waals surface area contributed by atoms with Crippen LogP contribution in [0.2, 0.25) is 0 Å². The Hall–Kier alpha value is -3.08. The first-order chi connectivity index (χ1) is 18.9. The van der Waals surface area contributed by atoms with Gasteiger partial charge in [0.2, 0.25) is 0 Å². The molecule has 0 spiro atoms. The van der Waals surface area contributed by atoms with E-state index in [0.29, 0.717) is 42.6 Å². The summed E-state index contributed by atoms with van der Waals surface area (Å²) in [4.78, 5) is 26.3. The van der Waals surface area contributed by atoms with Gasteiger partial charge in [-0.2, -0.15) is 0 Å². The summed E-state index contributed by atoms with van der Waals surface area (Å²) in [5, 5.41) is 15.8. The zero-order valence-electron chi connectivity index (χ0n) is 23.1. The van der Waals surface area contributed by atoms with Crippen molar-refractivity contribution in [3.63, 3.8) is 0 Å². The van der Waals surface area contributed by atoms with Gasteiger partial charge in [-0.3, -0.25) is 9.59 Å². The summed E-state index contributed by atoms with van der Waals surface area (Å²) in [5.41, 5.74) is 0.465. The van der Waals surface area contributed by atoms with E-state index >= 15 is 4.39 Å². The molecule has 40 heavy (non-hydrogen) atoms. The summed E-state index contributed by atoms with van der Waals surface area (Å²) in [5.74, 6) is -0.894. The number of rotatable bonds is 8. The second-order valence-corrected chi connectivity index (χ2v) is 14.1. The number of aliphatic hydroxyl groups is 1. The Bertz CT molecular complexity index is 1640. The van der Waals surface area contributed by atoms with E-state index in [2.05, 4.69) is 10.6 Å². The highest BCUT2D eigenvalue weighted by Crippen LogP contribution is 2.34.